The van der Waals surface area contributed by atoms with E-state index < -0.39 is 0 Å². The summed E-state index contributed by atoms with van der Waals surface area (Å²) in [5.41, 5.74) is 1.30. The van der Waals surface area contributed by atoms with Crippen LogP contribution in [0.15, 0.2) is 18.3 Å². The van der Waals surface area contributed by atoms with E-state index in [9.17, 15) is 0 Å². The predicted molar refractivity (Wildman–Crippen MR) is 74.0 cm³/mol. The van der Waals surface area contributed by atoms with Gasteiger partial charge in [-0.2, -0.15) is 11.8 Å². The van der Waals surface area contributed by atoms with Crippen LogP contribution in [0, 0.1) is 5.92 Å². The Labute approximate surface area is 103 Å². The topological polar surface area (TPSA) is 24.9 Å². The molecule has 1 atom stereocenters. The molecule has 0 saturated carbocycles. The van der Waals surface area contributed by atoms with Crippen molar-refractivity contribution < 1.29 is 0 Å². The smallest absolute Gasteiger partial charge is 0.125 e. The van der Waals surface area contributed by atoms with Gasteiger partial charge >= 0.3 is 0 Å². The maximum atomic E-state index is 4.37. The van der Waals surface area contributed by atoms with Gasteiger partial charge in [0.2, 0.25) is 0 Å². The van der Waals surface area contributed by atoms with Crippen LogP contribution in [-0.2, 0) is 5.75 Å². The molecule has 1 unspecified atom stereocenters. The van der Waals surface area contributed by atoms with Crippen molar-refractivity contribution in [2.45, 2.75) is 38.7 Å². The molecule has 0 aromatic carbocycles. The summed E-state index contributed by atoms with van der Waals surface area (Å²) in [4.78, 5) is 4.37. The lowest BCUT2D eigenvalue weighted by Gasteiger charge is -2.14. The monoisotopic (exact) mass is 238 g/mol. The third-order valence-electron chi connectivity index (χ3n) is 2.63. The maximum absolute atomic E-state index is 4.37. The minimum atomic E-state index is 0.702. The molecule has 0 radical (unpaired) electrons. The highest BCUT2D eigenvalue weighted by atomic mass is 32.2. The Morgan fingerprint density at radius 3 is 2.56 bits per heavy atom. The standard InChI is InChI=1S/C13H22N2S/c1-5-14-13-7-6-12(8-15-13)9-16-11(4)10(2)3/h6-8,10-11H,5,9H2,1-4H3,(H,14,15). The molecule has 0 spiro atoms. The van der Waals surface area contributed by atoms with E-state index in [4.69, 9.17) is 0 Å². The van der Waals surface area contributed by atoms with Crippen molar-refractivity contribution in [1.29, 1.82) is 0 Å². The molecule has 1 aromatic rings. The molecule has 1 heterocycles. The van der Waals surface area contributed by atoms with Gasteiger partial charge in [0.15, 0.2) is 0 Å². The van der Waals surface area contributed by atoms with E-state index in [1.54, 1.807) is 0 Å². The van der Waals surface area contributed by atoms with Crippen molar-refractivity contribution in [2.24, 2.45) is 5.92 Å². The second-order valence-corrected chi connectivity index (χ2v) is 5.71. The largest absolute Gasteiger partial charge is 0.370 e. The maximum Gasteiger partial charge on any atom is 0.125 e. The fraction of sp³-hybridized carbons (Fsp3) is 0.615. The number of thioether (sulfide) groups is 1. The number of aromatic nitrogens is 1. The lowest BCUT2D eigenvalue weighted by molar-refractivity contribution is 0.642. The SMILES string of the molecule is CCNc1ccc(CSC(C)C(C)C)cn1. The van der Waals surface area contributed by atoms with Gasteiger partial charge in [-0.1, -0.05) is 26.8 Å². The van der Waals surface area contributed by atoms with E-state index in [2.05, 4.69) is 50.1 Å². The van der Waals surface area contributed by atoms with Gasteiger partial charge in [0, 0.05) is 23.7 Å². The Balaban J connectivity index is 2.43. The first kappa shape index (κ1) is 13.4. The van der Waals surface area contributed by atoms with E-state index in [-0.39, 0.29) is 0 Å². The van der Waals surface area contributed by atoms with Gasteiger partial charge in [-0.3, -0.25) is 0 Å². The highest BCUT2D eigenvalue weighted by Crippen LogP contribution is 2.23. The molecule has 90 valence electrons. The van der Waals surface area contributed by atoms with Crippen LogP contribution in [-0.4, -0.2) is 16.8 Å². The number of rotatable bonds is 6. The van der Waals surface area contributed by atoms with E-state index in [0.29, 0.717) is 5.25 Å². The molecule has 1 rings (SSSR count). The molecule has 2 nitrogen and oxygen atoms in total. The van der Waals surface area contributed by atoms with Crippen molar-refractivity contribution in [3.8, 4) is 0 Å². The normalized spacial score (nSPS) is 12.8. The van der Waals surface area contributed by atoms with Crippen LogP contribution in [0.3, 0.4) is 0 Å². The summed E-state index contributed by atoms with van der Waals surface area (Å²) >= 11 is 2.00. The molecular weight excluding hydrogens is 216 g/mol. The third kappa shape index (κ3) is 4.44. The van der Waals surface area contributed by atoms with Crippen LogP contribution >= 0.6 is 11.8 Å². The highest BCUT2D eigenvalue weighted by molar-refractivity contribution is 7.99. The third-order valence-corrected chi connectivity index (χ3v) is 4.20. The Morgan fingerprint density at radius 1 is 1.31 bits per heavy atom. The minimum Gasteiger partial charge on any atom is -0.370 e. The van der Waals surface area contributed by atoms with E-state index in [0.717, 1.165) is 24.0 Å². The van der Waals surface area contributed by atoms with Crippen molar-refractivity contribution in [1.82, 2.24) is 4.98 Å². The van der Waals surface area contributed by atoms with E-state index >= 15 is 0 Å². The summed E-state index contributed by atoms with van der Waals surface area (Å²) in [5, 5.41) is 3.90. The number of nitrogens with one attached hydrogen (secondary N) is 1. The second-order valence-electron chi connectivity index (χ2n) is 4.34. The minimum absolute atomic E-state index is 0.702. The lowest BCUT2D eigenvalue weighted by Crippen LogP contribution is -2.06. The zero-order chi connectivity index (χ0) is 12.0. The molecular formula is C13H22N2S. The van der Waals surface area contributed by atoms with Crippen LogP contribution in [0.1, 0.15) is 33.3 Å². The predicted octanol–water partition coefficient (Wildman–Crippen LogP) is 3.79. The molecule has 0 aliphatic carbocycles. The molecule has 3 heteroatoms. The molecule has 0 aliphatic rings. The summed E-state index contributed by atoms with van der Waals surface area (Å²) in [6, 6.07) is 4.21. The highest BCUT2D eigenvalue weighted by Gasteiger charge is 2.07. The first-order valence-electron chi connectivity index (χ1n) is 5.94. The van der Waals surface area contributed by atoms with Gasteiger partial charge in [0.05, 0.1) is 0 Å². The van der Waals surface area contributed by atoms with Crippen molar-refractivity contribution in [2.75, 3.05) is 11.9 Å². The van der Waals surface area contributed by atoms with Gasteiger partial charge < -0.3 is 5.32 Å². The van der Waals surface area contributed by atoms with Gasteiger partial charge in [0.25, 0.3) is 0 Å². The van der Waals surface area contributed by atoms with Crippen LogP contribution in [0.4, 0.5) is 5.82 Å². The van der Waals surface area contributed by atoms with Crippen LogP contribution in [0.2, 0.25) is 0 Å². The van der Waals surface area contributed by atoms with Crippen LogP contribution in [0.5, 0.6) is 0 Å². The first-order valence-corrected chi connectivity index (χ1v) is 6.98. The quantitative estimate of drug-likeness (QED) is 0.816. The molecule has 0 saturated heterocycles. The lowest BCUT2D eigenvalue weighted by atomic mass is 10.2. The summed E-state index contributed by atoms with van der Waals surface area (Å²) in [5.74, 6) is 2.76. The summed E-state index contributed by atoms with van der Waals surface area (Å²) in [6.45, 7) is 9.82. The van der Waals surface area contributed by atoms with Crippen LogP contribution in [0.25, 0.3) is 0 Å². The molecule has 0 amide bonds. The number of hydrogen-bond acceptors (Lipinski definition) is 3. The molecule has 1 aromatic heterocycles. The first-order chi connectivity index (χ1) is 7.63. The number of nitrogens with zero attached hydrogens (tertiary/aromatic N) is 1. The Morgan fingerprint density at radius 2 is 2.06 bits per heavy atom. The number of anilines is 1. The molecule has 0 fully saturated rings. The van der Waals surface area contributed by atoms with Gasteiger partial charge in [-0.15, -0.1) is 0 Å². The molecule has 16 heavy (non-hydrogen) atoms. The molecule has 1 N–H and O–H groups in total. The van der Waals surface area contributed by atoms with Crippen molar-refractivity contribution in [3.05, 3.63) is 23.9 Å². The summed E-state index contributed by atoms with van der Waals surface area (Å²) in [6.07, 6.45) is 1.97. The van der Waals surface area contributed by atoms with Crippen molar-refractivity contribution in [3.63, 3.8) is 0 Å². The Kier molecular flexibility index (Phi) is 5.67. The molecule has 0 aliphatic heterocycles. The number of pyridine rings is 1. The zero-order valence-electron chi connectivity index (χ0n) is 10.7. The summed E-state index contributed by atoms with van der Waals surface area (Å²) in [7, 11) is 0. The Bertz CT molecular complexity index is 295. The average Bonchev–Trinajstić information content (AvgIpc) is 2.28. The van der Waals surface area contributed by atoms with Crippen molar-refractivity contribution >= 4 is 17.6 Å². The van der Waals surface area contributed by atoms with Crippen LogP contribution < -0.4 is 5.32 Å². The van der Waals surface area contributed by atoms with E-state index in [1.165, 1.54) is 5.56 Å². The Hall–Kier alpha value is -0.700. The van der Waals surface area contributed by atoms with Gasteiger partial charge in [-0.25, -0.2) is 4.98 Å². The fourth-order valence-corrected chi connectivity index (χ4v) is 2.23. The zero-order valence-corrected chi connectivity index (χ0v) is 11.5. The van der Waals surface area contributed by atoms with Gasteiger partial charge in [0.1, 0.15) is 5.82 Å². The average molecular weight is 238 g/mol. The summed E-state index contributed by atoms with van der Waals surface area (Å²) < 4.78 is 0. The molecule has 0 bridgehead atoms. The second kappa shape index (κ2) is 6.79. The van der Waals surface area contributed by atoms with E-state index in [1.807, 2.05) is 18.0 Å². The number of hydrogen-bond donors (Lipinski definition) is 1. The van der Waals surface area contributed by atoms with Gasteiger partial charge in [-0.05, 0) is 24.5 Å². The fourth-order valence-electron chi connectivity index (χ4n) is 1.22.